The van der Waals surface area contributed by atoms with Crippen LogP contribution in [0.5, 0.6) is 0 Å². The van der Waals surface area contributed by atoms with E-state index < -0.39 is 0 Å². The molecule has 9 atom stereocenters. The topological polar surface area (TPSA) is 155 Å². The summed E-state index contributed by atoms with van der Waals surface area (Å²) in [6, 6.07) is 0.971. The van der Waals surface area contributed by atoms with Crippen LogP contribution in [-0.4, -0.2) is 92.0 Å². The zero-order valence-corrected chi connectivity index (χ0v) is 26.0. The van der Waals surface area contributed by atoms with Crippen molar-refractivity contribution in [2.24, 2.45) is 32.7 Å². The minimum atomic E-state index is -0.0966. The third-order valence-corrected chi connectivity index (χ3v) is 10.2. The maximum absolute atomic E-state index is 13.2. The van der Waals surface area contributed by atoms with Crippen molar-refractivity contribution in [3.05, 3.63) is 0 Å². The Kier molecular flexibility index (Phi) is 9.57. The summed E-state index contributed by atoms with van der Waals surface area (Å²) in [5.41, 5.74) is 0. The summed E-state index contributed by atoms with van der Waals surface area (Å²) in [4.78, 5) is 40.4. The van der Waals surface area contributed by atoms with Gasteiger partial charge in [-0.1, -0.05) is 12.8 Å². The zero-order valence-electron chi connectivity index (χ0n) is 26.0. The lowest BCUT2D eigenvalue weighted by molar-refractivity contribution is 0.204. The highest BCUT2D eigenvalue weighted by Gasteiger charge is 2.37. The van der Waals surface area contributed by atoms with E-state index in [1.807, 2.05) is 0 Å². The van der Waals surface area contributed by atoms with Gasteiger partial charge < -0.3 is 37.2 Å². The molecule has 3 fully saturated rings. The number of amides is 4. The number of aliphatic imine (C=N–C) groups is 3. The molecule has 0 aromatic carbocycles. The summed E-state index contributed by atoms with van der Waals surface area (Å²) < 4.78 is 0. The van der Waals surface area contributed by atoms with Crippen molar-refractivity contribution >= 4 is 29.6 Å². The Labute approximate surface area is 256 Å². The molecule has 12 heteroatoms. The molecular formula is C31H52N10O2. The van der Waals surface area contributed by atoms with E-state index in [4.69, 9.17) is 15.0 Å². The maximum Gasteiger partial charge on any atom is 0.315 e. The fourth-order valence-electron chi connectivity index (χ4n) is 8.04. The molecule has 9 unspecified atom stereocenters. The molecule has 12 nitrogen and oxygen atoms in total. The van der Waals surface area contributed by atoms with Gasteiger partial charge >= 0.3 is 12.1 Å². The van der Waals surface area contributed by atoms with Crippen LogP contribution < -0.4 is 37.2 Å². The number of carbonyl (C=O) groups is 2. The second kappa shape index (κ2) is 13.7. The second-order valence-electron chi connectivity index (χ2n) is 13.8. The third kappa shape index (κ3) is 7.73. The smallest absolute Gasteiger partial charge is 0.315 e. The van der Waals surface area contributed by atoms with Gasteiger partial charge in [0, 0.05) is 60.5 Å². The van der Waals surface area contributed by atoms with Gasteiger partial charge in [0.15, 0.2) is 0 Å². The molecular weight excluding hydrogens is 544 g/mol. The number of hydrogen-bond acceptors (Lipinski definition) is 8. The highest BCUT2D eigenvalue weighted by molar-refractivity contribution is 5.88. The van der Waals surface area contributed by atoms with Crippen molar-refractivity contribution in [1.29, 1.82) is 0 Å². The van der Waals surface area contributed by atoms with Crippen molar-refractivity contribution in [2.45, 2.75) is 121 Å². The molecule has 238 valence electrons. The Balaban J connectivity index is 0.985. The van der Waals surface area contributed by atoms with Gasteiger partial charge in [0.25, 0.3) is 0 Å². The average Bonchev–Trinajstić information content (AvgIpc) is 3.77. The van der Waals surface area contributed by atoms with Crippen LogP contribution in [0.2, 0.25) is 0 Å². The van der Waals surface area contributed by atoms with E-state index in [0.29, 0.717) is 23.9 Å². The molecule has 6 aliphatic rings. The summed E-state index contributed by atoms with van der Waals surface area (Å²) in [6.45, 7) is 7.60. The minimum Gasteiger partial charge on any atom is -0.372 e. The molecule has 4 amide bonds. The van der Waals surface area contributed by atoms with Crippen LogP contribution in [0.15, 0.2) is 15.0 Å². The van der Waals surface area contributed by atoms with Gasteiger partial charge in [-0.3, -0.25) is 15.0 Å². The standard InChI is InChI=1S/C31H52N10O2/c1-18-16-34-27(36-18)20-5-3-7-22(13-20)38-30(42)40-24-9-10-26(25(15-24)29-32-11-12-33-29)41-31(43)39-23-8-4-6-21(14-23)28-35-17-19(2)37-28/h18-26H,3-17H2,1-2H3,(H,32,33)(H,34,36)(H,35,37)(H2,38,40,42)(H2,39,41,43). The normalized spacial score (nSPS) is 37.5. The van der Waals surface area contributed by atoms with Gasteiger partial charge in [0.2, 0.25) is 0 Å². The Morgan fingerprint density at radius 2 is 1.21 bits per heavy atom. The number of hydrogen-bond donors (Lipinski definition) is 7. The molecule has 3 aliphatic carbocycles. The quantitative estimate of drug-likeness (QED) is 0.240. The summed E-state index contributed by atoms with van der Waals surface area (Å²) >= 11 is 0. The third-order valence-electron chi connectivity index (χ3n) is 10.2. The molecule has 7 N–H and O–H groups in total. The van der Waals surface area contributed by atoms with Gasteiger partial charge in [-0.25, -0.2) is 9.59 Å². The van der Waals surface area contributed by atoms with E-state index in [1.54, 1.807) is 0 Å². The van der Waals surface area contributed by atoms with Gasteiger partial charge in [-0.05, 0) is 71.6 Å². The number of nitrogens with zero attached hydrogens (tertiary/aromatic N) is 3. The lowest BCUT2D eigenvalue weighted by Crippen LogP contribution is -2.57. The Morgan fingerprint density at radius 1 is 0.651 bits per heavy atom. The fourth-order valence-corrected chi connectivity index (χ4v) is 8.04. The van der Waals surface area contributed by atoms with Crippen molar-refractivity contribution in [3.63, 3.8) is 0 Å². The molecule has 0 spiro atoms. The lowest BCUT2D eigenvalue weighted by Gasteiger charge is -2.38. The van der Waals surface area contributed by atoms with Crippen LogP contribution >= 0.6 is 0 Å². The largest absolute Gasteiger partial charge is 0.372 e. The summed E-state index contributed by atoms with van der Waals surface area (Å²) in [7, 11) is 0. The van der Waals surface area contributed by atoms with Crippen LogP contribution in [-0.2, 0) is 0 Å². The SMILES string of the molecule is CC1CN=C(C2CCCC(NC(=O)NC3CCC(NC(=O)NC4CCCC(C5=NCC(C)N5)C4)C(C4=NCCN4)C3)C2)N1. The van der Waals surface area contributed by atoms with Gasteiger partial charge in [0.05, 0.1) is 31.3 Å². The number of carbonyl (C=O) groups excluding carboxylic acids is 2. The molecule has 0 aromatic rings. The van der Waals surface area contributed by atoms with E-state index in [-0.39, 0.29) is 42.1 Å². The van der Waals surface area contributed by atoms with Crippen LogP contribution in [0.4, 0.5) is 9.59 Å². The first-order valence-electron chi connectivity index (χ1n) is 16.9. The molecule has 0 radical (unpaired) electrons. The molecule has 0 aromatic heterocycles. The van der Waals surface area contributed by atoms with Crippen LogP contribution in [0.1, 0.15) is 84.5 Å². The van der Waals surface area contributed by atoms with Crippen LogP contribution in [0.25, 0.3) is 0 Å². The van der Waals surface area contributed by atoms with Crippen molar-refractivity contribution < 1.29 is 9.59 Å². The summed E-state index contributed by atoms with van der Waals surface area (Å²) in [5, 5.41) is 23.6. The maximum atomic E-state index is 13.2. The summed E-state index contributed by atoms with van der Waals surface area (Å²) in [6.07, 6.45) is 10.7. The predicted molar refractivity (Wildman–Crippen MR) is 170 cm³/mol. The minimum absolute atomic E-state index is 0.0206. The van der Waals surface area contributed by atoms with Crippen molar-refractivity contribution in [1.82, 2.24) is 37.2 Å². The van der Waals surface area contributed by atoms with Gasteiger partial charge in [0.1, 0.15) is 5.84 Å². The lowest BCUT2D eigenvalue weighted by atomic mass is 9.80. The van der Waals surface area contributed by atoms with E-state index in [2.05, 4.69) is 51.1 Å². The van der Waals surface area contributed by atoms with Crippen molar-refractivity contribution in [2.75, 3.05) is 26.2 Å². The van der Waals surface area contributed by atoms with E-state index in [0.717, 1.165) is 114 Å². The average molecular weight is 597 g/mol. The predicted octanol–water partition coefficient (Wildman–Crippen LogP) is 2.02. The van der Waals surface area contributed by atoms with E-state index in [1.165, 1.54) is 0 Å². The molecule has 3 heterocycles. The fraction of sp³-hybridized carbons (Fsp3) is 0.839. The Bertz CT molecular complexity index is 1110. The molecule has 0 bridgehead atoms. The number of urea groups is 2. The first-order chi connectivity index (χ1) is 20.9. The summed E-state index contributed by atoms with van der Waals surface area (Å²) in [5.74, 6) is 4.07. The van der Waals surface area contributed by atoms with Gasteiger partial charge in [-0.2, -0.15) is 0 Å². The van der Waals surface area contributed by atoms with Crippen LogP contribution in [0, 0.1) is 17.8 Å². The highest BCUT2D eigenvalue weighted by Crippen LogP contribution is 2.29. The number of rotatable bonds is 7. The highest BCUT2D eigenvalue weighted by atomic mass is 16.2. The van der Waals surface area contributed by atoms with Crippen LogP contribution in [0.3, 0.4) is 0 Å². The number of nitrogens with one attached hydrogen (secondary N) is 7. The first kappa shape index (κ1) is 30.0. The molecule has 3 aliphatic heterocycles. The molecule has 3 saturated carbocycles. The monoisotopic (exact) mass is 596 g/mol. The Hall–Kier alpha value is -3.05. The molecule has 43 heavy (non-hydrogen) atoms. The van der Waals surface area contributed by atoms with Gasteiger partial charge in [-0.15, -0.1) is 0 Å². The second-order valence-corrected chi connectivity index (χ2v) is 13.8. The first-order valence-corrected chi connectivity index (χ1v) is 16.9. The van der Waals surface area contributed by atoms with E-state index in [9.17, 15) is 9.59 Å². The van der Waals surface area contributed by atoms with Crippen molar-refractivity contribution in [3.8, 4) is 0 Å². The molecule has 6 rings (SSSR count). The Morgan fingerprint density at radius 3 is 1.72 bits per heavy atom. The number of amidine groups is 3. The zero-order chi connectivity index (χ0) is 29.8. The van der Waals surface area contributed by atoms with E-state index >= 15 is 0 Å². The molecule has 0 saturated heterocycles.